The number of amides is 1. The van der Waals surface area contributed by atoms with Gasteiger partial charge < -0.3 is 20.1 Å². The standard InChI is InChI=1S/C15H24N2O3.ClH/c1-12-6-7-13(14(11-12)20-10-9-19-3)17-15(18)5-4-8-16-2;/h6-7,11,16H,4-5,8-10H2,1-3H3,(H,17,18);1H. The average Bonchev–Trinajstić information content (AvgIpc) is 2.42. The van der Waals surface area contributed by atoms with Gasteiger partial charge in [-0.1, -0.05) is 6.07 Å². The van der Waals surface area contributed by atoms with Crippen LogP contribution in [0.5, 0.6) is 5.75 Å². The molecule has 0 aromatic heterocycles. The van der Waals surface area contributed by atoms with Crippen LogP contribution in [0.1, 0.15) is 18.4 Å². The summed E-state index contributed by atoms with van der Waals surface area (Å²) in [5.74, 6) is 0.685. The number of benzene rings is 1. The van der Waals surface area contributed by atoms with Gasteiger partial charge in [-0.3, -0.25) is 4.79 Å². The Morgan fingerprint density at radius 2 is 2.05 bits per heavy atom. The summed E-state index contributed by atoms with van der Waals surface area (Å²) in [7, 11) is 3.50. The number of nitrogens with one attached hydrogen (secondary N) is 2. The lowest BCUT2D eigenvalue weighted by molar-refractivity contribution is -0.116. The number of hydrogen-bond donors (Lipinski definition) is 2. The summed E-state index contributed by atoms with van der Waals surface area (Å²) < 4.78 is 10.6. The first-order valence-electron chi connectivity index (χ1n) is 6.84. The van der Waals surface area contributed by atoms with E-state index in [4.69, 9.17) is 9.47 Å². The highest BCUT2D eigenvalue weighted by Crippen LogP contribution is 2.26. The molecule has 6 heteroatoms. The van der Waals surface area contributed by atoms with Gasteiger partial charge in [0.1, 0.15) is 12.4 Å². The van der Waals surface area contributed by atoms with Gasteiger partial charge in [0, 0.05) is 13.5 Å². The summed E-state index contributed by atoms with van der Waals surface area (Å²) in [6.07, 6.45) is 1.31. The van der Waals surface area contributed by atoms with Crippen molar-refractivity contribution in [1.29, 1.82) is 0 Å². The van der Waals surface area contributed by atoms with Crippen LogP contribution < -0.4 is 15.4 Å². The van der Waals surface area contributed by atoms with Crippen molar-refractivity contribution < 1.29 is 14.3 Å². The average molecular weight is 317 g/mol. The predicted octanol–water partition coefficient (Wildman–Crippen LogP) is 2.38. The summed E-state index contributed by atoms with van der Waals surface area (Å²) in [5.41, 5.74) is 1.80. The fraction of sp³-hybridized carbons (Fsp3) is 0.533. The molecule has 0 fully saturated rings. The largest absolute Gasteiger partial charge is 0.489 e. The number of hydrogen-bond acceptors (Lipinski definition) is 4. The summed E-state index contributed by atoms with van der Waals surface area (Å²) >= 11 is 0. The van der Waals surface area contributed by atoms with E-state index in [0.29, 0.717) is 31.1 Å². The fourth-order valence-corrected chi connectivity index (χ4v) is 1.73. The predicted molar refractivity (Wildman–Crippen MR) is 87.6 cm³/mol. The van der Waals surface area contributed by atoms with Gasteiger partial charge in [0.25, 0.3) is 0 Å². The van der Waals surface area contributed by atoms with Crippen LogP contribution >= 0.6 is 12.4 Å². The van der Waals surface area contributed by atoms with Crippen LogP contribution in [0, 0.1) is 6.92 Å². The third-order valence-corrected chi connectivity index (χ3v) is 2.79. The molecule has 0 heterocycles. The molecule has 1 rings (SSSR count). The van der Waals surface area contributed by atoms with Gasteiger partial charge in [-0.05, 0) is 44.6 Å². The van der Waals surface area contributed by atoms with E-state index in [2.05, 4.69) is 10.6 Å². The van der Waals surface area contributed by atoms with Crippen molar-refractivity contribution in [1.82, 2.24) is 5.32 Å². The second-order valence-electron chi connectivity index (χ2n) is 4.60. The zero-order valence-electron chi connectivity index (χ0n) is 12.9. The molecule has 5 nitrogen and oxygen atoms in total. The number of aryl methyl sites for hydroxylation is 1. The monoisotopic (exact) mass is 316 g/mol. The van der Waals surface area contributed by atoms with Crippen LogP contribution in [0.25, 0.3) is 0 Å². The van der Waals surface area contributed by atoms with Crippen LogP contribution in [-0.4, -0.2) is 39.8 Å². The minimum atomic E-state index is 0. The van der Waals surface area contributed by atoms with Crippen LogP contribution in [0.2, 0.25) is 0 Å². The van der Waals surface area contributed by atoms with Crippen molar-refractivity contribution >= 4 is 24.0 Å². The maximum atomic E-state index is 11.8. The molecule has 2 N–H and O–H groups in total. The van der Waals surface area contributed by atoms with Gasteiger partial charge in [0.05, 0.1) is 12.3 Å². The smallest absolute Gasteiger partial charge is 0.224 e. The van der Waals surface area contributed by atoms with Gasteiger partial charge in [-0.15, -0.1) is 12.4 Å². The van der Waals surface area contributed by atoms with E-state index < -0.39 is 0 Å². The Bertz CT molecular complexity index is 427. The molecule has 0 spiro atoms. The maximum absolute atomic E-state index is 11.8. The van der Waals surface area contributed by atoms with E-state index in [0.717, 1.165) is 18.5 Å². The van der Waals surface area contributed by atoms with Gasteiger partial charge in [-0.2, -0.15) is 0 Å². The first-order valence-corrected chi connectivity index (χ1v) is 6.84. The Balaban J connectivity index is 0.00000400. The summed E-state index contributed by atoms with van der Waals surface area (Å²) in [4.78, 5) is 11.8. The number of methoxy groups -OCH3 is 1. The summed E-state index contributed by atoms with van der Waals surface area (Å²) in [6.45, 7) is 3.80. The number of carbonyl (C=O) groups excluding carboxylic acids is 1. The van der Waals surface area contributed by atoms with Crippen molar-refractivity contribution in [2.75, 3.05) is 39.2 Å². The van der Waals surface area contributed by atoms with Gasteiger partial charge in [0.2, 0.25) is 5.91 Å². The molecule has 1 aromatic rings. The lowest BCUT2D eigenvalue weighted by atomic mass is 10.2. The number of carbonyl (C=O) groups is 1. The second kappa shape index (κ2) is 11.4. The molecule has 0 aliphatic carbocycles. The van der Waals surface area contributed by atoms with Crippen molar-refractivity contribution in [2.24, 2.45) is 0 Å². The highest BCUT2D eigenvalue weighted by atomic mass is 35.5. The Morgan fingerprint density at radius 1 is 1.29 bits per heavy atom. The topological polar surface area (TPSA) is 59.6 Å². The first-order chi connectivity index (χ1) is 9.67. The Morgan fingerprint density at radius 3 is 2.71 bits per heavy atom. The molecular formula is C15H25ClN2O3. The molecule has 0 atom stereocenters. The van der Waals surface area contributed by atoms with E-state index in [1.165, 1.54) is 0 Å². The van der Waals surface area contributed by atoms with Gasteiger partial charge in [-0.25, -0.2) is 0 Å². The van der Waals surface area contributed by atoms with E-state index in [1.807, 2.05) is 32.2 Å². The zero-order chi connectivity index (χ0) is 14.8. The molecule has 120 valence electrons. The minimum Gasteiger partial charge on any atom is -0.489 e. The van der Waals surface area contributed by atoms with Crippen LogP contribution in [0.15, 0.2) is 18.2 Å². The number of anilines is 1. The molecule has 0 unspecified atom stereocenters. The van der Waals surface area contributed by atoms with Crippen LogP contribution in [0.3, 0.4) is 0 Å². The van der Waals surface area contributed by atoms with E-state index in [9.17, 15) is 4.79 Å². The van der Waals surface area contributed by atoms with Gasteiger partial charge >= 0.3 is 0 Å². The number of halogens is 1. The zero-order valence-corrected chi connectivity index (χ0v) is 13.7. The lowest BCUT2D eigenvalue weighted by Crippen LogP contribution is -2.16. The molecule has 0 radical (unpaired) electrons. The van der Waals surface area contributed by atoms with Crippen LogP contribution in [0.4, 0.5) is 5.69 Å². The van der Waals surface area contributed by atoms with E-state index >= 15 is 0 Å². The number of rotatable bonds is 9. The maximum Gasteiger partial charge on any atom is 0.224 e. The highest BCUT2D eigenvalue weighted by molar-refractivity contribution is 5.92. The quantitative estimate of drug-likeness (QED) is 0.687. The first kappa shape index (κ1) is 19.7. The molecule has 0 bridgehead atoms. The molecule has 0 aliphatic heterocycles. The SMILES string of the molecule is CNCCCC(=O)Nc1ccc(C)cc1OCCOC.Cl. The third kappa shape index (κ3) is 7.90. The molecular weight excluding hydrogens is 292 g/mol. The van der Waals surface area contributed by atoms with Crippen molar-refractivity contribution in [2.45, 2.75) is 19.8 Å². The Kier molecular flexibility index (Phi) is 10.7. The Labute approximate surface area is 132 Å². The summed E-state index contributed by atoms with van der Waals surface area (Å²) in [5, 5.41) is 5.91. The number of ether oxygens (including phenoxy) is 2. The minimum absolute atomic E-state index is 0. The molecule has 21 heavy (non-hydrogen) atoms. The lowest BCUT2D eigenvalue weighted by Gasteiger charge is -2.13. The van der Waals surface area contributed by atoms with E-state index in [-0.39, 0.29) is 18.3 Å². The fourth-order valence-electron chi connectivity index (χ4n) is 1.73. The highest BCUT2D eigenvalue weighted by Gasteiger charge is 2.08. The Hall–Kier alpha value is -1.30. The molecule has 0 saturated heterocycles. The van der Waals surface area contributed by atoms with Crippen molar-refractivity contribution in [3.8, 4) is 5.75 Å². The normalized spacial score (nSPS) is 9.86. The molecule has 1 amide bonds. The van der Waals surface area contributed by atoms with Crippen molar-refractivity contribution in [3.63, 3.8) is 0 Å². The second-order valence-corrected chi connectivity index (χ2v) is 4.60. The molecule has 0 saturated carbocycles. The van der Waals surface area contributed by atoms with E-state index in [1.54, 1.807) is 7.11 Å². The third-order valence-electron chi connectivity index (χ3n) is 2.79. The summed E-state index contributed by atoms with van der Waals surface area (Å²) in [6, 6.07) is 5.73. The molecule has 0 aliphatic rings. The molecule has 1 aromatic carbocycles. The van der Waals surface area contributed by atoms with Crippen LogP contribution in [-0.2, 0) is 9.53 Å². The van der Waals surface area contributed by atoms with Crippen molar-refractivity contribution in [3.05, 3.63) is 23.8 Å². The van der Waals surface area contributed by atoms with Gasteiger partial charge in [0.15, 0.2) is 0 Å².